The summed E-state index contributed by atoms with van der Waals surface area (Å²) in [6.07, 6.45) is 39.2. The lowest BCUT2D eigenvalue weighted by Crippen LogP contribution is -2.55. The second kappa shape index (κ2) is 36.8. The molecule has 0 amide bonds. The number of rotatable bonds is 39. The van der Waals surface area contributed by atoms with E-state index < -0.39 is 18.1 Å². The van der Waals surface area contributed by atoms with E-state index in [1.165, 1.54) is 89.9 Å². The molecule has 0 heterocycles. The molecule has 8 heteroatoms. The van der Waals surface area contributed by atoms with Gasteiger partial charge in [0.2, 0.25) is 0 Å². The number of nitrogens with zero attached hydrogens (tertiary/aromatic N) is 1. The molecule has 0 N–H and O–H groups in total. The largest absolute Gasteiger partial charge is 0.544 e. The number of allylic oxidation sites excluding steroid dienone is 4. The molecular formula is C45H83NO7. The molecule has 0 aromatic rings. The Kier molecular flexibility index (Phi) is 35.2. The molecule has 0 radical (unpaired) electrons. The summed E-state index contributed by atoms with van der Waals surface area (Å²) in [5.41, 5.74) is 0. The number of carbonyl (C=O) groups excluding carboxylic acids is 3. The Morgan fingerprint density at radius 1 is 0.585 bits per heavy atom. The van der Waals surface area contributed by atoms with Gasteiger partial charge < -0.3 is 28.6 Å². The number of likely N-dealkylation sites (N-methyl/N-ethyl adjacent to an activating group) is 1. The summed E-state index contributed by atoms with van der Waals surface area (Å²) < 4.78 is 17.1. The molecule has 2 unspecified atom stereocenters. The normalized spacial score (nSPS) is 13.2. The van der Waals surface area contributed by atoms with Crippen molar-refractivity contribution in [2.75, 3.05) is 41.0 Å². The van der Waals surface area contributed by atoms with Crippen LogP contribution in [0.3, 0.4) is 0 Å². The Hall–Kier alpha value is -2.19. The number of carboxylic acid groups (broad SMARTS) is 1. The third-order valence-corrected chi connectivity index (χ3v) is 9.85. The van der Waals surface area contributed by atoms with E-state index in [0.717, 1.165) is 70.6 Å². The van der Waals surface area contributed by atoms with E-state index >= 15 is 0 Å². The summed E-state index contributed by atoms with van der Waals surface area (Å²) in [5.74, 6) is -1.75. The quantitative estimate of drug-likeness (QED) is 0.0267. The highest BCUT2D eigenvalue weighted by molar-refractivity contribution is 5.70. The van der Waals surface area contributed by atoms with Crippen molar-refractivity contribution in [1.82, 2.24) is 0 Å². The average molecular weight is 750 g/mol. The second-order valence-corrected chi connectivity index (χ2v) is 15.9. The van der Waals surface area contributed by atoms with E-state index in [-0.39, 0.29) is 42.7 Å². The van der Waals surface area contributed by atoms with Gasteiger partial charge in [0.15, 0.2) is 6.10 Å². The second-order valence-electron chi connectivity index (χ2n) is 15.9. The van der Waals surface area contributed by atoms with Gasteiger partial charge in [-0.2, -0.15) is 0 Å². The number of unbranched alkanes of at least 4 members (excludes halogenated alkanes) is 21. The zero-order valence-electron chi connectivity index (χ0n) is 35.2. The van der Waals surface area contributed by atoms with Crippen molar-refractivity contribution in [2.24, 2.45) is 0 Å². The van der Waals surface area contributed by atoms with E-state index in [1.54, 1.807) is 21.1 Å². The van der Waals surface area contributed by atoms with Gasteiger partial charge in [-0.05, 0) is 38.5 Å². The first-order valence-electron chi connectivity index (χ1n) is 21.9. The maximum Gasteiger partial charge on any atom is 0.306 e. The first-order chi connectivity index (χ1) is 25.6. The lowest BCUT2D eigenvalue weighted by molar-refractivity contribution is -0.889. The van der Waals surface area contributed by atoms with Crippen molar-refractivity contribution in [1.29, 1.82) is 0 Å². The molecule has 0 aliphatic carbocycles. The van der Waals surface area contributed by atoms with Crippen LogP contribution >= 0.6 is 0 Å². The van der Waals surface area contributed by atoms with Crippen molar-refractivity contribution in [3.05, 3.63) is 24.3 Å². The number of hydrogen-bond donors (Lipinski definition) is 0. The van der Waals surface area contributed by atoms with Crippen molar-refractivity contribution in [3.63, 3.8) is 0 Å². The topological polar surface area (TPSA) is 102 Å². The summed E-state index contributed by atoms with van der Waals surface area (Å²) in [6, 6.07) is -0.725. The van der Waals surface area contributed by atoms with Gasteiger partial charge in [0.05, 0.1) is 40.3 Å². The molecule has 0 aliphatic rings. The highest BCUT2D eigenvalue weighted by atomic mass is 16.6. The number of carboxylic acids is 1. The van der Waals surface area contributed by atoms with E-state index in [4.69, 9.17) is 14.2 Å². The van der Waals surface area contributed by atoms with Crippen LogP contribution in [0.2, 0.25) is 0 Å². The Balaban J connectivity index is 4.30. The average Bonchev–Trinajstić information content (AvgIpc) is 3.11. The molecule has 0 rings (SSSR count). The van der Waals surface area contributed by atoms with E-state index in [0.29, 0.717) is 12.8 Å². The highest BCUT2D eigenvalue weighted by Gasteiger charge is 2.25. The van der Waals surface area contributed by atoms with Gasteiger partial charge in [-0.1, -0.05) is 160 Å². The predicted octanol–water partition coefficient (Wildman–Crippen LogP) is 10.4. The number of ether oxygens (including phenoxy) is 3. The van der Waals surface area contributed by atoms with Gasteiger partial charge in [0, 0.05) is 19.3 Å². The summed E-state index contributed by atoms with van der Waals surface area (Å²) in [6.45, 7) is 4.55. The number of aliphatic carboxylic acids is 1. The van der Waals surface area contributed by atoms with Gasteiger partial charge in [-0.25, -0.2) is 0 Å². The van der Waals surface area contributed by atoms with Crippen LogP contribution in [0.1, 0.15) is 194 Å². The van der Waals surface area contributed by atoms with Gasteiger partial charge in [-0.15, -0.1) is 0 Å². The Morgan fingerprint density at radius 3 is 1.55 bits per heavy atom. The SMILES string of the molecule is CC/C=C/C/C=C/CCCCCCCC(=O)OC(COCCC(C(=O)[O-])[N+](C)(C)C)COC(=O)CCCCCCCCCCCCCCCCCCC. The number of carbonyl (C=O) groups is 3. The molecule has 8 nitrogen and oxygen atoms in total. The maximum absolute atomic E-state index is 12.7. The fourth-order valence-corrected chi connectivity index (χ4v) is 6.46. The first kappa shape index (κ1) is 50.8. The van der Waals surface area contributed by atoms with Gasteiger partial charge in [0.1, 0.15) is 12.6 Å². The summed E-state index contributed by atoms with van der Waals surface area (Å²) >= 11 is 0. The zero-order valence-corrected chi connectivity index (χ0v) is 35.2. The maximum atomic E-state index is 12.7. The van der Waals surface area contributed by atoms with Gasteiger partial charge in [-0.3, -0.25) is 9.59 Å². The highest BCUT2D eigenvalue weighted by Crippen LogP contribution is 2.15. The van der Waals surface area contributed by atoms with Gasteiger partial charge >= 0.3 is 11.9 Å². The van der Waals surface area contributed by atoms with Crippen molar-refractivity contribution >= 4 is 17.9 Å². The molecule has 310 valence electrons. The molecule has 0 spiro atoms. The molecule has 0 fully saturated rings. The smallest absolute Gasteiger partial charge is 0.306 e. The predicted molar refractivity (Wildman–Crippen MR) is 217 cm³/mol. The first-order valence-corrected chi connectivity index (χ1v) is 21.9. The summed E-state index contributed by atoms with van der Waals surface area (Å²) in [4.78, 5) is 36.8. The Labute approximate surface area is 326 Å². The molecule has 0 saturated heterocycles. The van der Waals surface area contributed by atoms with Crippen LogP contribution in [-0.4, -0.2) is 75.5 Å². The van der Waals surface area contributed by atoms with Crippen LogP contribution in [0.4, 0.5) is 0 Å². The molecule has 0 aromatic carbocycles. The zero-order chi connectivity index (χ0) is 39.3. The third kappa shape index (κ3) is 35.3. The van der Waals surface area contributed by atoms with E-state index in [9.17, 15) is 19.5 Å². The minimum Gasteiger partial charge on any atom is -0.544 e. The molecule has 0 aliphatic heterocycles. The van der Waals surface area contributed by atoms with Crippen LogP contribution in [0.25, 0.3) is 0 Å². The monoisotopic (exact) mass is 750 g/mol. The molecular weight excluding hydrogens is 666 g/mol. The molecule has 0 aromatic heterocycles. The van der Waals surface area contributed by atoms with Crippen LogP contribution in [0, 0.1) is 0 Å². The van der Waals surface area contributed by atoms with E-state index in [1.807, 2.05) is 0 Å². The molecule has 2 atom stereocenters. The van der Waals surface area contributed by atoms with Crippen LogP contribution < -0.4 is 5.11 Å². The van der Waals surface area contributed by atoms with Crippen LogP contribution in [0.15, 0.2) is 24.3 Å². The number of hydrogen-bond acceptors (Lipinski definition) is 7. The lowest BCUT2D eigenvalue weighted by Gasteiger charge is -2.34. The minimum absolute atomic E-state index is 0.0385. The minimum atomic E-state index is -1.13. The summed E-state index contributed by atoms with van der Waals surface area (Å²) in [5, 5.41) is 11.6. The Morgan fingerprint density at radius 2 is 1.06 bits per heavy atom. The summed E-state index contributed by atoms with van der Waals surface area (Å²) in [7, 11) is 5.40. The lowest BCUT2D eigenvalue weighted by atomic mass is 10.0. The van der Waals surface area contributed by atoms with Crippen molar-refractivity contribution < 1.29 is 38.2 Å². The Bertz CT molecular complexity index is 926. The molecule has 0 saturated carbocycles. The fraction of sp³-hybridized carbons (Fsp3) is 0.844. The van der Waals surface area contributed by atoms with Crippen molar-refractivity contribution in [3.8, 4) is 0 Å². The van der Waals surface area contributed by atoms with Crippen LogP contribution in [0.5, 0.6) is 0 Å². The number of esters is 2. The molecule has 53 heavy (non-hydrogen) atoms. The van der Waals surface area contributed by atoms with Crippen LogP contribution in [-0.2, 0) is 28.6 Å². The number of quaternary nitrogens is 1. The fourth-order valence-electron chi connectivity index (χ4n) is 6.46. The van der Waals surface area contributed by atoms with Gasteiger partial charge in [0.25, 0.3) is 0 Å². The van der Waals surface area contributed by atoms with Crippen molar-refractivity contribution in [2.45, 2.75) is 206 Å². The third-order valence-electron chi connectivity index (χ3n) is 9.85. The van der Waals surface area contributed by atoms with E-state index in [2.05, 4.69) is 38.2 Å². The standard InChI is InChI=1S/C45H83NO7/c1-6-8-10-12-14-16-18-20-21-22-23-24-26-27-29-31-33-35-43(47)52-40-41(39-51-38-37-42(45(49)50)46(3,4)5)53-44(48)36-34-32-30-28-25-19-17-15-13-11-9-7-2/h9,11,15,17,41-42H,6-8,10,12-14,16,18-40H2,1-5H3/b11-9+,17-15+. The molecule has 0 bridgehead atoms.